The van der Waals surface area contributed by atoms with Crippen LogP contribution in [0.2, 0.25) is 0 Å². The maximum Gasteiger partial charge on any atom is 0.416 e. The molecule has 0 saturated carbocycles. The number of hydrogen-bond acceptors (Lipinski definition) is 5. The van der Waals surface area contributed by atoms with Crippen molar-refractivity contribution >= 4 is 29.2 Å². The minimum atomic E-state index is -4.50. The fraction of sp³-hybridized carbons (Fsp3) is 0.312. The highest BCUT2D eigenvalue weighted by atomic mass is 32.2. The van der Waals surface area contributed by atoms with Crippen molar-refractivity contribution in [2.45, 2.75) is 36.9 Å². The SMILES string of the molecule is CC[C@@H](C)Sc1nc(N)c(NC(=O)c2ccc(C(F)(F)F)cc2)c(=O)[nH]1. The average molecular weight is 386 g/mol. The van der Waals surface area contributed by atoms with Crippen molar-refractivity contribution in [3.63, 3.8) is 0 Å². The van der Waals surface area contributed by atoms with Crippen LogP contribution in [0.5, 0.6) is 0 Å². The van der Waals surface area contributed by atoms with E-state index in [-0.39, 0.29) is 22.3 Å². The number of carbonyl (C=O) groups is 1. The highest BCUT2D eigenvalue weighted by Gasteiger charge is 2.30. The lowest BCUT2D eigenvalue weighted by Gasteiger charge is -2.11. The number of alkyl halides is 3. The number of rotatable bonds is 5. The average Bonchev–Trinajstić information content (AvgIpc) is 2.57. The largest absolute Gasteiger partial charge is 0.416 e. The van der Waals surface area contributed by atoms with Gasteiger partial charge in [-0.3, -0.25) is 14.6 Å². The first kappa shape index (κ1) is 19.8. The van der Waals surface area contributed by atoms with Crippen molar-refractivity contribution in [3.8, 4) is 0 Å². The second-order valence-corrected chi connectivity index (χ2v) is 6.92. The number of aromatic nitrogens is 2. The van der Waals surface area contributed by atoms with Gasteiger partial charge in [-0.25, -0.2) is 4.98 Å². The monoisotopic (exact) mass is 386 g/mol. The number of amides is 1. The molecular formula is C16H17F3N4O2S. The lowest BCUT2D eigenvalue weighted by atomic mass is 10.1. The minimum Gasteiger partial charge on any atom is -0.382 e. The lowest BCUT2D eigenvalue weighted by molar-refractivity contribution is -0.137. The van der Waals surface area contributed by atoms with Crippen LogP contribution in [0.4, 0.5) is 24.7 Å². The Morgan fingerprint density at radius 1 is 1.35 bits per heavy atom. The van der Waals surface area contributed by atoms with E-state index in [1.165, 1.54) is 11.8 Å². The van der Waals surface area contributed by atoms with Crippen molar-refractivity contribution in [2.75, 3.05) is 11.1 Å². The van der Waals surface area contributed by atoms with Gasteiger partial charge in [-0.05, 0) is 30.7 Å². The maximum absolute atomic E-state index is 12.6. The van der Waals surface area contributed by atoms with Crippen molar-refractivity contribution in [1.82, 2.24) is 9.97 Å². The molecule has 0 unspecified atom stereocenters. The zero-order valence-corrected chi connectivity index (χ0v) is 14.8. The number of nitrogens with two attached hydrogens (primary N) is 1. The number of aromatic amines is 1. The Labute approximate surface area is 151 Å². The van der Waals surface area contributed by atoms with E-state index >= 15 is 0 Å². The van der Waals surface area contributed by atoms with Gasteiger partial charge in [0.05, 0.1) is 5.56 Å². The van der Waals surface area contributed by atoms with Crippen LogP contribution in [0, 0.1) is 0 Å². The molecular weight excluding hydrogens is 369 g/mol. The van der Waals surface area contributed by atoms with Gasteiger partial charge in [-0.1, -0.05) is 25.6 Å². The first-order valence-electron chi connectivity index (χ1n) is 7.66. The quantitative estimate of drug-likeness (QED) is 0.539. The van der Waals surface area contributed by atoms with Gasteiger partial charge in [0.15, 0.2) is 11.0 Å². The molecule has 1 atom stereocenters. The Bertz CT molecular complexity index is 850. The zero-order chi connectivity index (χ0) is 19.5. The summed E-state index contributed by atoms with van der Waals surface area (Å²) in [5.41, 5.74) is 3.93. The molecule has 0 aliphatic rings. The summed E-state index contributed by atoms with van der Waals surface area (Å²) in [5.74, 6) is -0.931. The van der Waals surface area contributed by atoms with Crippen LogP contribution in [0.1, 0.15) is 36.2 Å². The number of carbonyl (C=O) groups excluding carboxylic acids is 1. The summed E-state index contributed by atoms with van der Waals surface area (Å²) >= 11 is 1.33. The van der Waals surface area contributed by atoms with Crippen LogP contribution >= 0.6 is 11.8 Å². The van der Waals surface area contributed by atoms with E-state index in [0.717, 1.165) is 30.7 Å². The standard InChI is InChI=1S/C16H17F3N4O2S/c1-3-8(2)26-15-22-12(20)11(14(25)23-15)21-13(24)9-4-6-10(7-5-9)16(17,18)19/h4-8H,3H2,1-2H3,(H,21,24)(H3,20,22,23,25)/t8-/m1/s1. The number of nitrogens with one attached hydrogen (secondary N) is 2. The molecule has 0 bridgehead atoms. The lowest BCUT2D eigenvalue weighted by Crippen LogP contribution is -2.23. The molecule has 6 nitrogen and oxygen atoms in total. The number of nitrogen functional groups attached to an aromatic ring is 1. The third kappa shape index (κ3) is 4.78. The molecule has 140 valence electrons. The number of hydrogen-bond donors (Lipinski definition) is 3. The van der Waals surface area contributed by atoms with Crippen molar-refractivity contribution in [3.05, 3.63) is 45.7 Å². The molecule has 0 aliphatic heterocycles. The maximum atomic E-state index is 12.6. The summed E-state index contributed by atoms with van der Waals surface area (Å²) in [5, 5.41) is 2.83. The number of benzene rings is 1. The van der Waals surface area contributed by atoms with Gasteiger partial charge in [0, 0.05) is 10.8 Å². The molecule has 0 saturated heterocycles. The van der Waals surface area contributed by atoms with Crippen molar-refractivity contribution in [2.24, 2.45) is 0 Å². The molecule has 1 aromatic heterocycles. The Balaban J connectivity index is 2.20. The molecule has 26 heavy (non-hydrogen) atoms. The van der Waals surface area contributed by atoms with Crippen LogP contribution in [0.3, 0.4) is 0 Å². The van der Waals surface area contributed by atoms with E-state index < -0.39 is 23.2 Å². The molecule has 4 N–H and O–H groups in total. The molecule has 0 aliphatic carbocycles. The summed E-state index contributed by atoms with van der Waals surface area (Å²) < 4.78 is 37.7. The number of H-pyrrole nitrogens is 1. The van der Waals surface area contributed by atoms with Gasteiger partial charge >= 0.3 is 6.18 Å². The molecule has 10 heteroatoms. The predicted octanol–water partition coefficient (Wildman–Crippen LogP) is 3.51. The normalized spacial score (nSPS) is 12.7. The molecule has 1 aromatic carbocycles. The summed E-state index contributed by atoms with van der Waals surface area (Å²) in [6.07, 6.45) is -3.63. The van der Waals surface area contributed by atoms with Crippen LogP contribution < -0.4 is 16.6 Å². The first-order chi connectivity index (χ1) is 12.1. The summed E-state index contributed by atoms with van der Waals surface area (Å²) in [6.45, 7) is 3.94. The molecule has 0 fully saturated rings. The van der Waals surface area contributed by atoms with E-state index in [0.29, 0.717) is 5.16 Å². The number of nitrogens with zero attached hydrogens (tertiary/aromatic N) is 1. The van der Waals surface area contributed by atoms with Crippen LogP contribution in [0.15, 0.2) is 34.2 Å². The summed E-state index contributed by atoms with van der Waals surface area (Å²) in [4.78, 5) is 30.8. The van der Waals surface area contributed by atoms with E-state index in [2.05, 4.69) is 15.3 Å². The Kier molecular flexibility index (Phi) is 5.96. The van der Waals surface area contributed by atoms with Gasteiger partial charge < -0.3 is 11.1 Å². The molecule has 1 heterocycles. The van der Waals surface area contributed by atoms with E-state index in [1.54, 1.807) is 0 Å². The second kappa shape index (κ2) is 7.81. The molecule has 1 amide bonds. The third-order valence-corrected chi connectivity index (χ3v) is 4.68. The Morgan fingerprint density at radius 2 is 1.96 bits per heavy atom. The first-order valence-corrected chi connectivity index (χ1v) is 8.54. The van der Waals surface area contributed by atoms with E-state index in [9.17, 15) is 22.8 Å². The number of halogens is 3. The second-order valence-electron chi connectivity index (χ2n) is 5.50. The van der Waals surface area contributed by atoms with Crippen molar-refractivity contribution < 1.29 is 18.0 Å². The third-order valence-electron chi connectivity index (χ3n) is 3.53. The Hall–Kier alpha value is -2.49. The van der Waals surface area contributed by atoms with Crippen LogP contribution in [-0.4, -0.2) is 21.1 Å². The molecule has 0 spiro atoms. The Morgan fingerprint density at radius 3 is 2.46 bits per heavy atom. The molecule has 2 aromatic rings. The minimum absolute atomic E-state index is 0.0464. The van der Waals surface area contributed by atoms with Gasteiger partial charge in [0.1, 0.15) is 5.69 Å². The van der Waals surface area contributed by atoms with Gasteiger partial charge in [-0.15, -0.1) is 0 Å². The van der Waals surface area contributed by atoms with Gasteiger partial charge in [-0.2, -0.15) is 13.2 Å². The topological polar surface area (TPSA) is 101 Å². The number of anilines is 2. The molecule has 0 radical (unpaired) electrons. The summed E-state index contributed by atoms with van der Waals surface area (Å²) in [7, 11) is 0. The predicted molar refractivity (Wildman–Crippen MR) is 94.3 cm³/mol. The highest BCUT2D eigenvalue weighted by molar-refractivity contribution is 7.99. The summed E-state index contributed by atoms with van der Waals surface area (Å²) in [6, 6.07) is 3.60. The zero-order valence-electron chi connectivity index (χ0n) is 14.0. The fourth-order valence-electron chi connectivity index (χ4n) is 1.92. The van der Waals surface area contributed by atoms with Gasteiger partial charge in [0.25, 0.3) is 11.5 Å². The van der Waals surface area contributed by atoms with Crippen LogP contribution in [-0.2, 0) is 6.18 Å². The van der Waals surface area contributed by atoms with E-state index in [1.807, 2.05) is 13.8 Å². The van der Waals surface area contributed by atoms with Gasteiger partial charge in [0.2, 0.25) is 0 Å². The highest BCUT2D eigenvalue weighted by Crippen LogP contribution is 2.29. The molecule has 2 rings (SSSR count). The smallest absolute Gasteiger partial charge is 0.382 e. The van der Waals surface area contributed by atoms with Crippen molar-refractivity contribution in [1.29, 1.82) is 0 Å². The van der Waals surface area contributed by atoms with E-state index in [4.69, 9.17) is 5.73 Å². The fourth-order valence-corrected chi connectivity index (χ4v) is 2.77. The number of thioether (sulfide) groups is 1. The van der Waals surface area contributed by atoms with Crippen LogP contribution in [0.25, 0.3) is 0 Å².